The molecule has 0 radical (unpaired) electrons. The van der Waals surface area contributed by atoms with Gasteiger partial charge in [-0.2, -0.15) is 9.78 Å². The average molecular weight is 629 g/mol. The minimum Gasteiger partial charge on any atom is -0.493 e. The predicted octanol–water partition coefficient (Wildman–Crippen LogP) is 5.81. The fourth-order valence-corrected chi connectivity index (χ4v) is 4.48. The quantitative estimate of drug-likeness (QED) is 0.181. The van der Waals surface area contributed by atoms with Crippen molar-refractivity contribution in [3.63, 3.8) is 0 Å². The molecule has 4 aromatic rings. The minimum absolute atomic E-state index is 0.248. The minimum atomic E-state index is -0.854. The van der Waals surface area contributed by atoms with E-state index in [1.807, 2.05) is 36.4 Å². The van der Waals surface area contributed by atoms with Crippen LogP contribution in [0, 0.1) is 0 Å². The van der Waals surface area contributed by atoms with Gasteiger partial charge in [0.2, 0.25) is 0 Å². The van der Waals surface area contributed by atoms with Crippen LogP contribution in [0.15, 0.2) is 79.5 Å². The van der Waals surface area contributed by atoms with E-state index in [-0.39, 0.29) is 12.2 Å². The molecule has 10 heteroatoms. The van der Waals surface area contributed by atoms with E-state index in [0.29, 0.717) is 42.7 Å². The second kappa shape index (κ2) is 11.7. The monoisotopic (exact) mass is 627 g/mol. The summed E-state index contributed by atoms with van der Waals surface area (Å²) in [6, 6.07) is 18.2. The molecule has 1 heterocycles. The average Bonchev–Trinajstić information content (AvgIpc) is 2.92. The molecule has 0 fully saturated rings. The molecule has 4 rings (SSSR count). The SMILES string of the molecule is CCOC(=O)[C@@H](C)Oc1c(OC)cc(C=Nn2c(-c3ccccc3)nc3ccccc3c2=O)c(Br)c1Br. The third-order valence-corrected chi connectivity index (χ3v) is 7.53. The molecule has 190 valence electrons. The topological polar surface area (TPSA) is 92.0 Å². The van der Waals surface area contributed by atoms with Gasteiger partial charge >= 0.3 is 5.97 Å². The fourth-order valence-electron chi connectivity index (χ4n) is 3.57. The molecule has 1 aromatic heterocycles. The molecule has 3 aromatic carbocycles. The number of rotatable bonds is 8. The third-order valence-electron chi connectivity index (χ3n) is 5.39. The van der Waals surface area contributed by atoms with E-state index in [2.05, 4.69) is 37.0 Å². The second-order valence-corrected chi connectivity index (χ2v) is 9.40. The summed E-state index contributed by atoms with van der Waals surface area (Å²) in [6.45, 7) is 3.57. The molecule has 0 N–H and O–H groups in total. The number of esters is 1. The van der Waals surface area contributed by atoms with Crippen molar-refractivity contribution in [2.45, 2.75) is 20.0 Å². The number of hydrogen-bond donors (Lipinski definition) is 0. The summed E-state index contributed by atoms with van der Waals surface area (Å²) in [5.74, 6) is 0.599. The van der Waals surface area contributed by atoms with Gasteiger partial charge in [0, 0.05) is 15.6 Å². The molecule has 0 aliphatic rings. The van der Waals surface area contributed by atoms with Gasteiger partial charge in [0.05, 0.1) is 35.3 Å². The van der Waals surface area contributed by atoms with Gasteiger partial charge in [-0.05, 0) is 63.9 Å². The number of carbonyl (C=O) groups is 1. The van der Waals surface area contributed by atoms with Gasteiger partial charge in [0.15, 0.2) is 23.4 Å². The lowest BCUT2D eigenvalue weighted by molar-refractivity contribution is -0.150. The van der Waals surface area contributed by atoms with Crippen LogP contribution in [0.5, 0.6) is 11.5 Å². The molecular formula is C27H23Br2N3O5. The first-order valence-corrected chi connectivity index (χ1v) is 12.9. The van der Waals surface area contributed by atoms with E-state index < -0.39 is 12.1 Å². The van der Waals surface area contributed by atoms with Gasteiger partial charge in [-0.1, -0.05) is 42.5 Å². The maximum absolute atomic E-state index is 13.4. The van der Waals surface area contributed by atoms with Crippen molar-refractivity contribution in [2.24, 2.45) is 5.10 Å². The number of benzene rings is 3. The molecule has 8 nitrogen and oxygen atoms in total. The maximum Gasteiger partial charge on any atom is 0.347 e. The lowest BCUT2D eigenvalue weighted by Gasteiger charge is -2.18. The predicted molar refractivity (Wildman–Crippen MR) is 150 cm³/mol. The fraction of sp³-hybridized carbons (Fsp3) is 0.185. The molecule has 0 unspecified atom stereocenters. The number of hydrogen-bond acceptors (Lipinski definition) is 7. The lowest BCUT2D eigenvalue weighted by Crippen LogP contribution is -2.26. The van der Waals surface area contributed by atoms with E-state index in [1.165, 1.54) is 18.0 Å². The highest BCUT2D eigenvalue weighted by molar-refractivity contribution is 9.13. The van der Waals surface area contributed by atoms with Crippen LogP contribution in [0.2, 0.25) is 0 Å². The molecule has 0 bridgehead atoms. The number of halogens is 2. The van der Waals surface area contributed by atoms with E-state index in [0.717, 1.165) is 5.56 Å². The van der Waals surface area contributed by atoms with E-state index in [4.69, 9.17) is 19.2 Å². The lowest BCUT2D eigenvalue weighted by atomic mass is 10.2. The van der Waals surface area contributed by atoms with E-state index >= 15 is 0 Å². The largest absolute Gasteiger partial charge is 0.493 e. The van der Waals surface area contributed by atoms with Crippen molar-refractivity contribution in [3.8, 4) is 22.9 Å². The Morgan fingerprint density at radius 3 is 2.51 bits per heavy atom. The van der Waals surface area contributed by atoms with Crippen LogP contribution in [0.25, 0.3) is 22.3 Å². The van der Waals surface area contributed by atoms with Crippen LogP contribution < -0.4 is 15.0 Å². The maximum atomic E-state index is 13.4. The van der Waals surface area contributed by atoms with Crippen molar-refractivity contribution in [3.05, 3.63) is 85.5 Å². The van der Waals surface area contributed by atoms with Crippen LogP contribution in [0.1, 0.15) is 19.4 Å². The molecule has 0 spiro atoms. The highest BCUT2D eigenvalue weighted by atomic mass is 79.9. The molecular weight excluding hydrogens is 606 g/mol. The Labute approximate surface area is 230 Å². The van der Waals surface area contributed by atoms with Gasteiger partial charge < -0.3 is 14.2 Å². The first-order chi connectivity index (χ1) is 17.8. The molecule has 0 aliphatic carbocycles. The number of ether oxygens (including phenoxy) is 3. The van der Waals surface area contributed by atoms with Crippen molar-refractivity contribution in [1.29, 1.82) is 0 Å². The van der Waals surface area contributed by atoms with E-state index in [9.17, 15) is 9.59 Å². The van der Waals surface area contributed by atoms with Crippen LogP contribution in [-0.2, 0) is 9.53 Å². The Morgan fingerprint density at radius 2 is 1.81 bits per heavy atom. The number of nitrogens with zero attached hydrogens (tertiary/aromatic N) is 3. The Kier molecular flexibility index (Phi) is 8.40. The van der Waals surface area contributed by atoms with Crippen molar-refractivity contribution >= 4 is 54.9 Å². The summed E-state index contributed by atoms with van der Waals surface area (Å²) in [5.41, 5.74) is 1.63. The van der Waals surface area contributed by atoms with Gasteiger partial charge in [-0.25, -0.2) is 9.78 Å². The zero-order valence-electron chi connectivity index (χ0n) is 20.3. The molecule has 0 aliphatic heterocycles. The number of para-hydroxylation sites is 1. The summed E-state index contributed by atoms with van der Waals surface area (Å²) in [7, 11) is 1.49. The standard InChI is InChI=1S/C27H23Br2N3O5/c1-4-36-27(34)16(2)37-24-21(35-3)14-18(22(28)23(24)29)15-30-32-25(17-10-6-5-7-11-17)31-20-13-9-8-12-19(20)26(32)33/h5-16H,4H2,1-3H3/t16-/m1/s1. The number of fused-ring (bicyclic) bond motifs is 1. The molecule has 0 saturated heterocycles. The number of aromatic nitrogens is 2. The van der Waals surface area contributed by atoms with Crippen molar-refractivity contribution < 1.29 is 19.0 Å². The number of methoxy groups -OCH3 is 1. The van der Waals surface area contributed by atoms with Gasteiger partial charge in [0.1, 0.15) is 0 Å². The molecule has 1 atom stereocenters. The Morgan fingerprint density at radius 1 is 1.11 bits per heavy atom. The smallest absolute Gasteiger partial charge is 0.347 e. The zero-order valence-corrected chi connectivity index (χ0v) is 23.4. The number of carbonyl (C=O) groups excluding carboxylic acids is 1. The van der Waals surface area contributed by atoms with Gasteiger partial charge in [0.25, 0.3) is 5.56 Å². The summed E-state index contributed by atoms with van der Waals surface area (Å²) in [6.07, 6.45) is 0.674. The van der Waals surface area contributed by atoms with Gasteiger partial charge in [-0.3, -0.25) is 4.79 Å². The summed E-state index contributed by atoms with van der Waals surface area (Å²) < 4.78 is 18.8. The van der Waals surface area contributed by atoms with Crippen LogP contribution in [0.4, 0.5) is 0 Å². The first-order valence-electron chi connectivity index (χ1n) is 11.4. The van der Waals surface area contributed by atoms with Crippen molar-refractivity contribution in [2.75, 3.05) is 13.7 Å². The Bertz CT molecular complexity index is 1540. The van der Waals surface area contributed by atoms with Crippen LogP contribution in [-0.4, -0.2) is 41.7 Å². The molecule has 0 amide bonds. The zero-order chi connectivity index (χ0) is 26.5. The van der Waals surface area contributed by atoms with Gasteiger partial charge in [-0.15, -0.1) is 0 Å². The highest BCUT2D eigenvalue weighted by Gasteiger charge is 2.23. The first kappa shape index (κ1) is 26.6. The summed E-state index contributed by atoms with van der Waals surface area (Å²) in [4.78, 5) is 30.2. The third kappa shape index (κ3) is 5.60. The Hall–Kier alpha value is -3.50. The normalized spacial score (nSPS) is 12.0. The van der Waals surface area contributed by atoms with Crippen LogP contribution in [0.3, 0.4) is 0 Å². The summed E-state index contributed by atoms with van der Waals surface area (Å²) >= 11 is 7.07. The summed E-state index contributed by atoms with van der Waals surface area (Å²) in [5, 5.41) is 4.97. The van der Waals surface area contributed by atoms with Crippen LogP contribution >= 0.6 is 31.9 Å². The van der Waals surface area contributed by atoms with Crippen molar-refractivity contribution in [1.82, 2.24) is 9.66 Å². The van der Waals surface area contributed by atoms with E-state index in [1.54, 1.807) is 38.1 Å². The second-order valence-electron chi connectivity index (χ2n) is 7.82. The Balaban J connectivity index is 1.80. The highest BCUT2D eigenvalue weighted by Crippen LogP contribution is 2.43. The molecule has 0 saturated carbocycles. The molecule has 37 heavy (non-hydrogen) atoms.